The highest BCUT2D eigenvalue weighted by Crippen LogP contribution is 2.24. The molecule has 1 aromatic carbocycles. The summed E-state index contributed by atoms with van der Waals surface area (Å²) in [4.78, 5) is 11.8. The molecule has 0 bridgehead atoms. The Kier molecular flexibility index (Phi) is 7.59. The van der Waals surface area contributed by atoms with Gasteiger partial charge in [0.05, 0.1) is 0 Å². The molecule has 0 saturated heterocycles. The van der Waals surface area contributed by atoms with E-state index in [0.717, 1.165) is 36.9 Å². The van der Waals surface area contributed by atoms with Crippen molar-refractivity contribution in [3.05, 3.63) is 29.8 Å². The van der Waals surface area contributed by atoms with E-state index >= 15 is 0 Å². The number of urea groups is 1. The van der Waals surface area contributed by atoms with Crippen LogP contribution in [0.5, 0.6) is 0 Å². The van der Waals surface area contributed by atoms with Crippen LogP contribution in [0.25, 0.3) is 0 Å². The van der Waals surface area contributed by atoms with Crippen molar-refractivity contribution in [2.75, 3.05) is 11.9 Å². The predicted molar refractivity (Wildman–Crippen MR) is 97.1 cm³/mol. The van der Waals surface area contributed by atoms with E-state index in [0.29, 0.717) is 17.5 Å². The van der Waals surface area contributed by atoms with Gasteiger partial charge in [-0.25, -0.2) is 4.79 Å². The number of carbonyl (C=O) groups is 1. The highest BCUT2D eigenvalue weighted by Gasteiger charge is 2.19. The highest BCUT2D eigenvalue weighted by molar-refractivity contribution is 7.84. The monoisotopic (exact) mass is 336 g/mol. The van der Waals surface area contributed by atoms with Gasteiger partial charge in [-0.1, -0.05) is 44.7 Å². The van der Waals surface area contributed by atoms with E-state index in [9.17, 15) is 9.00 Å². The molecular formula is C18H28N2O2S. The molecule has 1 fully saturated rings. The van der Waals surface area contributed by atoms with Crippen LogP contribution in [0, 0.1) is 0 Å². The molecule has 1 aliphatic carbocycles. The first-order chi connectivity index (χ1) is 11.2. The fourth-order valence-electron chi connectivity index (χ4n) is 2.90. The van der Waals surface area contributed by atoms with Crippen molar-refractivity contribution in [2.24, 2.45) is 0 Å². The van der Waals surface area contributed by atoms with Gasteiger partial charge < -0.3 is 10.6 Å². The number of rotatable bonds is 7. The smallest absolute Gasteiger partial charge is 0.319 e. The summed E-state index contributed by atoms with van der Waals surface area (Å²) in [6.07, 6.45) is 7.90. The Morgan fingerprint density at radius 3 is 2.78 bits per heavy atom. The van der Waals surface area contributed by atoms with Crippen molar-refractivity contribution in [2.45, 2.75) is 62.9 Å². The molecule has 23 heavy (non-hydrogen) atoms. The Morgan fingerprint density at radius 2 is 2.04 bits per heavy atom. The molecular weight excluding hydrogens is 308 g/mol. The van der Waals surface area contributed by atoms with Gasteiger partial charge in [0.15, 0.2) is 0 Å². The minimum Gasteiger partial charge on any atom is -0.338 e. The van der Waals surface area contributed by atoms with E-state index in [1.165, 1.54) is 19.3 Å². The van der Waals surface area contributed by atoms with E-state index in [4.69, 9.17) is 0 Å². The second-order valence-corrected chi connectivity index (χ2v) is 7.94. The number of hydrogen-bond donors (Lipinski definition) is 2. The molecule has 0 radical (unpaired) electrons. The van der Waals surface area contributed by atoms with Crippen LogP contribution in [-0.4, -0.2) is 22.0 Å². The lowest BCUT2D eigenvalue weighted by atomic mass is 10.0. The Labute approximate surface area is 141 Å². The quantitative estimate of drug-likeness (QED) is 0.734. The Morgan fingerprint density at radius 1 is 1.26 bits per heavy atom. The maximum atomic E-state index is 12.5. The standard InChI is InChI=1S/C18H28N2O2S/c1-2-3-12-19-18(21)20-16-9-7-8-15(13-16)14-23(22)17-10-5-4-6-11-17/h7-9,13,17H,2-6,10-12,14H2,1H3,(H2,19,20,21). The van der Waals surface area contributed by atoms with Gasteiger partial charge in [-0.3, -0.25) is 4.21 Å². The topological polar surface area (TPSA) is 58.2 Å². The number of benzene rings is 1. The van der Waals surface area contributed by atoms with E-state index in [1.54, 1.807) is 0 Å². The van der Waals surface area contributed by atoms with Gasteiger partial charge in [0.1, 0.15) is 0 Å². The van der Waals surface area contributed by atoms with Gasteiger partial charge in [0, 0.05) is 34.0 Å². The third kappa shape index (κ3) is 6.34. The zero-order valence-corrected chi connectivity index (χ0v) is 14.8. The third-order valence-electron chi connectivity index (χ3n) is 4.23. The second kappa shape index (κ2) is 9.71. The summed E-state index contributed by atoms with van der Waals surface area (Å²) in [6.45, 7) is 2.78. The Hall–Kier alpha value is -1.36. The normalized spacial score (nSPS) is 16.7. The molecule has 1 atom stereocenters. The first kappa shape index (κ1) is 18.0. The summed E-state index contributed by atoms with van der Waals surface area (Å²) < 4.78 is 12.5. The fourth-order valence-corrected chi connectivity index (χ4v) is 4.51. The highest BCUT2D eigenvalue weighted by atomic mass is 32.2. The number of nitrogens with one attached hydrogen (secondary N) is 2. The molecule has 0 spiro atoms. The summed E-state index contributed by atoms with van der Waals surface area (Å²) >= 11 is 0. The molecule has 128 valence electrons. The van der Waals surface area contributed by atoms with Gasteiger partial charge in [0.25, 0.3) is 0 Å². The first-order valence-corrected chi connectivity index (χ1v) is 10.1. The Balaban J connectivity index is 1.86. The maximum absolute atomic E-state index is 12.5. The molecule has 2 N–H and O–H groups in total. The van der Waals surface area contributed by atoms with Gasteiger partial charge >= 0.3 is 6.03 Å². The zero-order valence-electron chi connectivity index (χ0n) is 14.0. The average molecular weight is 337 g/mol. The van der Waals surface area contributed by atoms with Crippen LogP contribution < -0.4 is 10.6 Å². The SMILES string of the molecule is CCCCNC(=O)Nc1cccc(CS(=O)C2CCCCC2)c1. The summed E-state index contributed by atoms with van der Waals surface area (Å²) in [6, 6.07) is 7.52. The van der Waals surface area contributed by atoms with Crippen molar-refractivity contribution in [3.63, 3.8) is 0 Å². The number of hydrogen-bond acceptors (Lipinski definition) is 2. The van der Waals surface area contributed by atoms with Crippen LogP contribution in [0.2, 0.25) is 0 Å². The molecule has 4 nitrogen and oxygen atoms in total. The van der Waals surface area contributed by atoms with Crippen LogP contribution in [-0.2, 0) is 16.6 Å². The molecule has 0 heterocycles. The maximum Gasteiger partial charge on any atom is 0.319 e. The van der Waals surface area contributed by atoms with Crippen LogP contribution in [0.3, 0.4) is 0 Å². The lowest BCUT2D eigenvalue weighted by Crippen LogP contribution is -2.29. The Bertz CT molecular complexity index is 528. The van der Waals surface area contributed by atoms with Gasteiger partial charge in [-0.15, -0.1) is 0 Å². The number of amides is 2. The largest absolute Gasteiger partial charge is 0.338 e. The summed E-state index contributed by atoms with van der Waals surface area (Å²) in [5.74, 6) is 0.581. The number of unbranched alkanes of at least 4 members (excludes halogenated alkanes) is 1. The van der Waals surface area contributed by atoms with Crippen LogP contribution in [0.15, 0.2) is 24.3 Å². The number of carbonyl (C=O) groups excluding carboxylic acids is 1. The summed E-state index contributed by atoms with van der Waals surface area (Å²) in [5, 5.41) is 6.02. The van der Waals surface area contributed by atoms with Crippen molar-refractivity contribution < 1.29 is 9.00 Å². The van der Waals surface area contributed by atoms with Crippen LogP contribution in [0.1, 0.15) is 57.4 Å². The van der Waals surface area contributed by atoms with Gasteiger partial charge in [0.2, 0.25) is 0 Å². The van der Waals surface area contributed by atoms with E-state index in [1.807, 2.05) is 24.3 Å². The molecule has 0 aliphatic heterocycles. The van der Waals surface area contributed by atoms with Crippen molar-refractivity contribution >= 4 is 22.5 Å². The molecule has 1 aliphatic rings. The lowest BCUT2D eigenvalue weighted by Gasteiger charge is -2.21. The van der Waals surface area contributed by atoms with E-state index in [2.05, 4.69) is 17.6 Å². The van der Waals surface area contributed by atoms with E-state index < -0.39 is 10.8 Å². The zero-order chi connectivity index (χ0) is 16.5. The molecule has 0 aromatic heterocycles. The van der Waals surface area contributed by atoms with Crippen molar-refractivity contribution in [1.29, 1.82) is 0 Å². The average Bonchev–Trinajstić information content (AvgIpc) is 2.56. The minimum absolute atomic E-state index is 0.177. The predicted octanol–water partition coefficient (Wildman–Crippen LogP) is 4.19. The summed E-state index contributed by atoms with van der Waals surface area (Å²) in [7, 11) is -0.813. The first-order valence-electron chi connectivity index (χ1n) is 8.70. The molecule has 2 rings (SSSR count). The fraction of sp³-hybridized carbons (Fsp3) is 0.611. The van der Waals surface area contributed by atoms with Crippen LogP contribution >= 0.6 is 0 Å². The lowest BCUT2D eigenvalue weighted by molar-refractivity contribution is 0.252. The molecule has 1 saturated carbocycles. The van der Waals surface area contributed by atoms with Crippen LogP contribution in [0.4, 0.5) is 10.5 Å². The van der Waals surface area contributed by atoms with Crippen molar-refractivity contribution in [3.8, 4) is 0 Å². The number of anilines is 1. The molecule has 1 unspecified atom stereocenters. The molecule has 1 aromatic rings. The van der Waals surface area contributed by atoms with Gasteiger partial charge in [-0.2, -0.15) is 0 Å². The molecule has 5 heteroatoms. The minimum atomic E-state index is -0.813. The third-order valence-corrected chi connectivity index (χ3v) is 6.07. The summed E-state index contributed by atoms with van der Waals surface area (Å²) in [5.41, 5.74) is 1.79. The van der Waals surface area contributed by atoms with E-state index in [-0.39, 0.29) is 6.03 Å². The second-order valence-electron chi connectivity index (χ2n) is 6.22. The molecule has 2 amide bonds. The van der Waals surface area contributed by atoms with Gasteiger partial charge in [-0.05, 0) is 37.0 Å². The van der Waals surface area contributed by atoms with Crippen molar-refractivity contribution in [1.82, 2.24) is 5.32 Å².